The summed E-state index contributed by atoms with van der Waals surface area (Å²) in [5.41, 5.74) is 3.81. The quantitative estimate of drug-likeness (QED) is 0.676. The van der Waals surface area contributed by atoms with E-state index < -0.39 is 0 Å². The van der Waals surface area contributed by atoms with E-state index in [1.807, 2.05) is 25.5 Å². The van der Waals surface area contributed by atoms with Gasteiger partial charge in [-0.15, -0.1) is 0 Å². The molecule has 26 heavy (non-hydrogen) atoms. The molecule has 3 aromatic rings. The molecule has 1 aromatic carbocycles. The third-order valence-corrected chi connectivity index (χ3v) is 5.03. The van der Waals surface area contributed by atoms with Crippen molar-refractivity contribution < 1.29 is 4.79 Å². The van der Waals surface area contributed by atoms with Crippen molar-refractivity contribution in [2.45, 2.75) is 33.4 Å². The molecule has 2 heterocycles. The molecule has 0 saturated carbocycles. The predicted molar refractivity (Wildman–Crippen MR) is 103 cm³/mol. The molecule has 0 bridgehead atoms. The number of amides is 1. The highest BCUT2D eigenvalue weighted by molar-refractivity contribution is 6.42. The molecule has 6 nitrogen and oxygen atoms in total. The summed E-state index contributed by atoms with van der Waals surface area (Å²) < 4.78 is 1.90. The van der Waals surface area contributed by atoms with Crippen LogP contribution in [-0.4, -0.2) is 25.9 Å². The Labute approximate surface area is 161 Å². The molecule has 1 amide bonds. The van der Waals surface area contributed by atoms with Crippen molar-refractivity contribution in [2.75, 3.05) is 0 Å². The van der Waals surface area contributed by atoms with Crippen LogP contribution in [0.15, 0.2) is 30.5 Å². The van der Waals surface area contributed by atoms with E-state index in [2.05, 4.69) is 20.6 Å². The minimum Gasteiger partial charge on any atom is -0.344 e. The van der Waals surface area contributed by atoms with Crippen molar-refractivity contribution in [1.29, 1.82) is 0 Å². The van der Waals surface area contributed by atoms with Gasteiger partial charge in [-0.05, 0) is 39.0 Å². The van der Waals surface area contributed by atoms with E-state index in [9.17, 15) is 4.79 Å². The van der Waals surface area contributed by atoms with Crippen LogP contribution >= 0.6 is 23.2 Å². The SMILES string of the molecule is CCn1ncc(C(C)NC(=O)c2cc(-c3ccc(Cl)c(Cl)c3)n[nH]2)c1C. The Balaban J connectivity index is 1.75. The van der Waals surface area contributed by atoms with Crippen LogP contribution in [0.25, 0.3) is 11.3 Å². The van der Waals surface area contributed by atoms with Gasteiger partial charge in [0, 0.05) is 23.4 Å². The Kier molecular flexibility index (Phi) is 5.34. The van der Waals surface area contributed by atoms with Crippen LogP contribution in [0.4, 0.5) is 0 Å². The summed E-state index contributed by atoms with van der Waals surface area (Å²) in [7, 11) is 0. The number of carbonyl (C=O) groups is 1. The van der Waals surface area contributed by atoms with Crippen LogP contribution in [0, 0.1) is 6.92 Å². The molecule has 0 aliphatic rings. The van der Waals surface area contributed by atoms with Gasteiger partial charge < -0.3 is 5.32 Å². The summed E-state index contributed by atoms with van der Waals surface area (Å²) in [5, 5.41) is 15.2. The first kappa shape index (κ1) is 18.5. The number of carbonyl (C=O) groups excluding carboxylic acids is 1. The number of aromatic nitrogens is 4. The minimum absolute atomic E-state index is 0.167. The number of H-pyrrole nitrogens is 1. The smallest absolute Gasteiger partial charge is 0.269 e. The third kappa shape index (κ3) is 3.61. The number of benzene rings is 1. The Bertz CT molecular complexity index is 947. The number of halogens is 2. The summed E-state index contributed by atoms with van der Waals surface area (Å²) in [6.07, 6.45) is 1.79. The molecule has 1 unspecified atom stereocenters. The molecular formula is C18H19Cl2N5O. The molecule has 0 aliphatic heterocycles. The lowest BCUT2D eigenvalue weighted by atomic mass is 10.1. The fourth-order valence-electron chi connectivity index (χ4n) is 2.80. The second-order valence-corrected chi connectivity index (χ2v) is 6.81. The Hall–Kier alpha value is -2.31. The van der Waals surface area contributed by atoms with Gasteiger partial charge in [0.05, 0.1) is 28.0 Å². The minimum atomic E-state index is -0.236. The van der Waals surface area contributed by atoms with Crippen LogP contribution in [-0.2, 0) is 6.54 Å². The highest BCUT2D eigenvalue weighted by atomic mass is 35.5. The molecule has 136 valence electrons. The highest BCUT2D eigenvalue weighted by Crippen LogP contribution is 2.28. The standard InChI is InChI=1S/C18H19Cl2N5O/c1-4-25-11(3)13(9-21-25)10(2)22-18(26)17-8-16(23-24-17)12-5-6-14(19)15(20)7-12/h5-10H,4H2,1-3H3,(H,22,26)(H,23,24). The molecule has 8 heteroatoms. The maximum Gasteiger partial charge on any atom is 0.269 e. The lowest BCUT2D eigenvalue weighted by molar-refractivity contribution is 0.0934. The van der Waals surface area contributed by atoms with Gasteiger partial charge in [0.1, 0.15) is 5.69 Å². The topological polar surface area (TPSA) is 75.6 Å². The van der Waals surface area contributed by atoms with E-state index in [0.29, 0.717) is 21.4 Å². The summed E-state index contributed by atoms with van der Waals surface area (Å²) in [4.78, 5) is 12.5. The van der Waals surface area contributed by atoms with Crippen LogP contribution in [0.3, 0.4) is 0 Å². The average molecular weight is 392 g/mol. The molecule has 0 fully saturated rings. The van der Waals surface area contributed by atoms with Gasteiger partial charge in [-0.3, -0.25) is 14.6 Å². The molecule has 2 aromatic heterocycles. The molecule has 3 rings (SSSR count). The van der Waals surface area contributed by atoms with Crippen molar-refractivity contribution in [2.24, 2.45) is 0 Å². The van der Waals surface area contributed by atoms with E-state index in [4.69, 9.17) is 23.2 Å². The lowest BCUT2D eigenvalue weighted by Crippen LogP contribution is -2.27. The van der Waals surface area contributed by atoms with E-state index in [0.717, 1.165) is 23.4 Å². The Morgan fingerprint density at radius 2 is 2.08 bits per heavy atom. The van der Waals surface area contributed by atoms with Crippen LogP contribution in [0.5, 0.6) is 0 Å². The molecule has 0 spiro atoms. The van der Waals surface area contributed by atoms with Gasteiger partial charge in [-0.25, -0.2) is 0 Å². The van der Waals surface area contributed by atoms with E-state index in [1.165, 1.54) is 0 Å². The summed E-state index contributed by atoms with van der Waals surface area (Å²) >= 11 is 12.0. The molecule has 0 aliphatic carbocycles. The monoisotopic (exact) mass is 391 g/mol. The largest absolute Gasteiger partial charge is 0.344 e. The Morgan fingerprint density at radius 1 is 1.31 bits per heavy atom. The van der Waals surface area contributed by atoms with Gasteiger partial charge >= 0.3 is 0 Å². The van der Waals surface area contributed by atoms with E-state index in [-0.39, 0.29) is 11.9 Å². The second-order valence-electron chi connectivity index (χ2n) is 5.99. The average Bonchev–Trinajstić information content (AvgIpc) is 3.24. The van der Waals surface area contributed by atoms with E-state index >= 15 is 0 Å². The first-order chi connectivity index (χ1) is 12.4. The normalized spacial score (nSPS) is 12.2. The number of hydrogen-bond donors (Lipinski definition) is 2. The number of rotatable bonds is 5. The zero-order chi connectivity index (χ0) is 18.8. The fraction of sp³-hybridized carbons (Fsp3) is 0.278. The van der Waals surface area contributed by atoms with Crippen molar-refractivity contribution in [3.8, 4) is 11.3 Å². The number of nitrogens with zero attached hydrogens (tertiary/aromatic N) is 3. The van der Waals surface area contributed by atoms with Crippen molar-refractivity contribution in [3.63, 3.8) is 0 Å². The number of hydrogen-bond acceptors (Lipinski definition) is 3. The summed E-state index contributed by atoms with van der Waals surface area (Å²) in [5.74, 6) is -0.236. The zero-order valence-electron chi connectivity index (χ0n) is 14.7. The number of aryl methyl sites for hydroxylation is 1. The van der Waals surface area contributed by atoms with Crippen LogP contribution in [0.2, 0.25) is 10.0 Å². The second kappa shape index (κ2) is 7.51. The molecular weight excluding hydrogens is 373 g/mol. The van der Waals surface area contributed by atoms with Gasteiger partial charge in [0.2, 0.25) is 0 Å². The molecule has 2 N–H and O–H groups in total. The third-order valence-electron chi connectivity index (χ3n) is 4.29. The van der Waals surface area contributed by atoms with E-state index in [1.54, 1.807) is 30.5 Å². The van der Waals surface area contributed by atoms with Crippen molar-refractivity contribution in [3.05, 3.63) is 57.5 Å². The van der Waals surface area contributed by atoms with Gasteiger partial charge in [0.25, 0.3) is 5.91 Å². The van der Waals surface area contributed by atoms with Crippen molar-refractivity contribution in [1.82, 2.24) is 25.3 Å². The molecule has 0 saturated heterocycles. The number of nitrogens with one attached hydrogen (secondary N) is 2. The lowest BCUT2D eigenvalue weighted by Gasteiger charge is -2.13. The van der Waals surface area contributed by atoms with Crippen LogP contribution in [0.1, 0.15) is 41.6 Å². The van der Waals surface area contributed by atoms with Gasteiger partial charge in [-0.1, -0.05) is 29.3 Å². The fourth-order valence-corrected chi connectivity index (χ4v) is 3.10. The van der Waals surface area contributed by atoms with Crippen LogP contribution < -0.4 is 5.32 Å². The molecule has 1 atom stereocenters. The first-order valence-electron chi connectivity index (χ1n) is 8.24. The highest BCUT2D eigenvalue weighted by Gasteiger charge is 2.18. The number of aromatic amines is 1. The van der Waals surface area contributed by atoms with Crippen molar-refractivity contribution >= 4 is 29.1 Å². The first-order valence-corrected chi connectivity index (χ1v) is 9.00. The molecule has 0 radical (unpaired) electrons. The predicted octanol–water partition coefficient (Wildman–Crippen LogP) is 4.40. The summed E-state index contributed by atoms with van der Waals surface area (Å²) in [6, 6.07) is 6.73. The zero-order valence-corrected chi connectivity index (χ0v) is 16.2. The summed E-state index contributed by atoms with van der Waals surface area (Å²) in [6.45, 7) is 6.74. The Morgan fingerprint density at radius 3 is 2.73 bits per heavy atom. The van der Waals surface area contributed by atoms with Gasteiger partial charge in [0.15, 0.2) is 0 Å². The maximum atomic E-state index is 12.5. The van der Waals surface area contributed by atoms with Gasteiger partial charge in [-0.2, -0.15) is 10.2 Å². The maximum absolute atomic E-state index is 12.5.